The molecule has 102 valence electrons. The largest absolute Gasteiger partial charge is 0.491 e. The van der Waals surface area contributed by atoms with Crippen molar-refractivity contribution in [1.29, 1.82) is 0 Å². The lowest BCUT2D eigenvalue weighted by molar-refractivity contribution is -0.118. The van der Waals surface area contributed by atoms with Gasteiger partial charge in [-0.2, -0.15) is 0 Å². The summed E-state index contributed by atoms with van der Waals surface area (Å²) in [4.78, 5) is 14.1. The van der Waals surface area contributed by atoms with E-state index in [9.17, 15) is 4.79 Å². The Morgan fingerprint density at radius 3 is 2.65 bits per heavy atom. The summed E-state index contributed by atoms with van der Waals surface area (Å²) in [7, 11) is 0. The highest BCUT2D eigenvalue weighted by Gasteiger charge is 2.22. The Bertz CT molecular complexity index is 625. The third-order valence-corrected chi connectivity index (χ3v) is 3.81. The zero-order valence-electron chi connectivity index (χ0n) is 10.9. The van der Waals surface area contributed by atoms with Crippen LogP contribution in [0.25, 0.3) is 0 Å². The van der Waals surface area contributed by atoms with E-state index in [-0.39, 0.29) is 5.91 Å². The van der Waals surface area contributed by atoms with Crippen LogP contribution in [-0.4, -0.2) is 12.5 Å². The number of carbonyl (C=O) groups excluding carboxylic acids is 1. The lowest BCUT2D eigenvalue weighted by Crippen LogP contribution is -2.29. The van der Waals surface area contributed by atoms with Gasteiger partial charge in [0.15, 0.2) is 0 Å². The number of ether oxygens (including phenoxy) is 1. The molecule has 3 nitrogen and oxygen atoms in total. The zero-order chi connectivity index (χ0) is 13.9. The summed E-state index contributed by atoms with van der Waals surface area (Å²) < 4.78 is 6.67. The Morgan fingerprint density at radius 1 is 1.10 bits per heavy atom. The molecule has 0 bridgehead atoms. The second-order valence-corrected chi connectivity index (χ2v) is 5.59. The normalized spacial score (nSPS) is 14.4. The predicted molar refractivity (Wildman–Crippen MR) is 81.9 cm³/mol. The summed E-state index contributed by atoms with van der Waals surface area (Å²) in [6.07, 6.45) is 0.408. The molecule has 1 aliphatic heterocycles. The maximum Gasteiger partial charge on any atom is 0.230 e. The summed E-state index contributed by atoms with van der Waals surface area (Å²) in [5, 5.41) is 0. The zero-order valence-corrected chi connectivity index (χ0v) is 12.5. The summed E-state index contributed by atoms with van der Waals surface area (Å²) in [6.45, 7) is 0.999. The average Bonchev–Trinajstić information content (AvgIpc) is 2.62. The minimum absolute atomic E-state index is 0.0952. The van der Waals surface area contributed by atoms with E-state index in [1.165, 1.54) is 0 Å². The van der Waals surface area contributed by atoms with E-state index in [1.54, 1.807) is 4.90 Å². The Labute approximate surface area is 126 Å². The molecule has 0 saturated carbocycles. The molecule has 0 N–H and O–H groups in total. The lowest BCUT2D eigenvalue weighted by Gasteiger charge is -2.22. The van der Waals surface area contributed by atoms with Gasteiger partial charge in [0.25, 0.3) is 0 Å². The molecule has 0 unspecified atom stereocenters. The third kappa shape index (κ3) is 2.70. The molecule has 4 heteroatoms. The van der Waals surface area contributed by atoms with E-state index in [4.69, 9.17) is 4.74 Å². The minimum Gasteiger partial charge on any atom is -0.491 e. The van der Waals surface area contributed by atoms with Crippen molar-refractivity contribution < 1.29 is 9.53 Å². The number of carbonyl (C=O) groups is 1. The molecule has 0 fully saturated rings. The molecular weight excluding hydrogens is 318 g/mol. The van der Waals surface area contributed by atoms with Gasteiger partial charge < -0.3 is 9.64 Å². The monoisotopic (exact) mass is 331 g/mol. The van der Waals surface area contributed by atoms with Crippen LogP contribution in [0.5, 0.6) is 5.75 Å². The molecule has 0 spiro atoms. The number of amides is 1. The van der Waals surface area contributed by atoms with Crippen LogP contribution in [0.15, 0.2) is 53.0 Å². The topological polar surface area (TPSA) is 29.5 Å². The van der Waals surface area contributed by atoms with Gasteiger partial charge in [-0.3, -0.25) is 4.79 Å². The standard InChI is InChI=1S/C16H14BrNO2/c17-13-7-5-12(6-8-13)11-18-14-3-1-2-4-15(14)20-10-9-16(18)19/h1-8H,9-11H2. The highest BCUT2D eigenvalue weighted by atomic mass is 79.9. The van der Waals surface area contributed by atoms with Crippen molar-refractivity contribution in [1.82, 2.24) is 0 Å². The Balaban J connectivity index is 1.94. The number of hydrogen-bond donors (Lipinski definition) is 0. The summed E-state index contributed by atoms with van der Waals surface area (Å²) in [5.74, 6) is 0.869. The molecule has 0 aliphatic carbocycles. The quantitative estimate of drug-likeness (QED) is 0.838. The minimum atomic E-state index is 0.0952. The molecule has 3 rings (SSSR count). The van der Waals surface area contributed by atoms with Gasteiger partial charge >= 0.3 is 0 Å². The smallest absolute Gasteiger partial charge is 0.230 e. The van der Waals surface area contributed by atoms with Crippen LogP contribution in [0.2, 0.25) is 0 Å². The van der Waals surface area contributed by atoms with Crippen molar-refractivity contribution in [3.8, 4) is 5.75 Å². The molecule has 0 radical (unpaired) electrons. The first kappa shape index (κ1) is 13.2. The Morgan fingerprint density at radius 2 is 1.85 bits per heavy atom. The van der Waals surface area contributed by atoms with Crippen LogP contribution < -0.4 is 9.64 Å². The van der Waals surface area contributed by atoms with Crippen LogP contribution in [0.1, 0.15) is 12.0 Å². The van der Waals surface area contributed by atoms with Gasteiger partial charge in [0.05, 0.1) is 25.3 Å². The van der Waals surface area contributed by atoms with Gasteiger partial charge in [0.1, 0.15) is 5.75 Å². The molecule has 0 aromatic heterocycles. The first-order valence-corrected chi connectivity index (χ1v) is 7.30. The molecule has 2 aromatic carbocycles. The number of nitrogens with zero attached hydrogens (tertiary/aromatic N) is 1. The van der Waals surface area contributed by atoms with Gasteiger partial charge in [-0.25, -0.2) is 0 Å². The number of anilines is 1. The second kappa shape index (κ2) is 5.67. The van der Waals surface area contributed by atoms with Crippen LogP contribution in [0.3, 0.4) is 0 Å². The fraction of sp³-hybridized carbons (Fsp3) is 0.188. The van der Waals surface area contributed by atoms with E-state index >= 15 is 0 Å². The van der Waals surface area contributed by atoms with Gasteiger partial charge in [-0.05, 0) is 29.8 Å². The summed E-state index contributed by atoms with van der Waals surface area (Å²) >= 11 is 3.42. The van der Waals surface area contributed by atoms with Crippen molar-refractivity contribution in [3.63, 3.8) is 0 Å². The second-order valence-electron chi connectivity index (χ2n) is 4.67. The van der Waals surface area contributed by atoms with Gasteiger partial charge in [-0.1, -0.05) is 40.2 Å². The van der Waals surface area contributed by atoms with E-state index < -0.39 is 0 Å². The van der Waals surface area contributed by atoms with E-state index in [0.29, 0.717) is 19.6 Å². The maximum absolute atomic E-state index is 12.3. The summed E-state index contributed by atoms with van der Waals surface area (Å²) in [6, 6.07) is 15.7. The number of benzene rings is 2. The van der Waals surface area contributed by atoms with Crippen molar-refractivity contribution >= 4 is 27.5 Å². The Kier molecular flexibility index (Phi) is 3.74. The van der Waals surface area contributed by atoms with Crippen molar-refractivity contribution in [3.05, 3.63) is 58.6 Å². The van der Waals surface area contributed by atoms with Crippen molar-refractivity contribution in [2.45, 2.75) is 13.0 Å². The molecule has 0 atom stereocenters. The van der Waals surface area contributed by atoms with E-state index in [2.05, 4.69) is 15.9 Å². The number of hydrogen-bond acceptors (Lipinski definition) is 2. The van der Waals surface area contributed by atoms with Gasteiger partial charge in [0, 0.05) is 4.47 Å². The number of halogens is 1. The Hall–Kier alpha value is -1.81. The predicted octanol–water partition coefficient (Wildman–Crippen LogP) is 3.76. The molecule has 20 heavy (non-hydrogen) atoms. The van der Waals surface area contributed by atoms with Crippen LogP contribution in [-0.2, 0) is 11.3 Å². The first-order valence-electron chi connectivity index (χ1n) is 6.51. The number of rotatable bonds is 2. The van der Waals surface area contributed by atoms with E-state index in [0.717, 1.165) is 21.5 Å². The van der Waals surface area contributed by atoms with Crippen LogP contribution in [0, 0.1) is 0 Å². The summed E-state index contributed by atoms with van der Waals surface area (Å²) in [5.41, 5.74) is 1.94. The first-order chi connectivity index (χ1) is 9.74. The van der Waals surface area contributed by atoms with E-state index in [1.807, 2.05) is 48.5 Å². The molecule has 1 aliphatic rings. The number of para-hydroxylation sites is 2. The third-order valence-electron chi connectivity index (χ3n) is 3.28. The maximum atomic E-state index is 12.3. The average molecular weight is 332 g/mol. The fourth-order valence-electron chi connectivity index (χ4n) is 2.27. The van der Waals surface area contributed by atoms with Crippen molar-refractivity contribution in [2.24, 2.45) is 0 Å². The van der Waals surface area contributed by atoms with Gasteiger partial charge in [-0.15, -0.1) is 0 Å². The van der Waals surface area contributed by atoms with Crippen LogP contribution in [0.4, 0.5) is 5.69 Å². The number of fused-ring (bicyclic) bond motifs is 1. The molecule has 2 aromatic rings. The lowest BCUT2D eigenvalue weighted by atomic mass is 10.2. The highest BCUT2D eigenvalue weighted by Crippen LogP contribution is 2.32. The molecule has 1 heterocycles. The van der Waals surface area contributed by atoms with Crippen molar-refractivity contribution in [2.75, 3.05) is 11.5 Å². The molecule has 1 amide bonds. The fourth-order valence-corrected chi connectivity index (χ4v) is 2.53. The van der Waals surface area contributed by atoms with Gasteiger partial charge in [0.2, 0.25) is 5.91 Å². The highest BCUT2D eigenvalue weighted by molar-refractivity contribution is 9.10. The molecule has 0 saturated heterocycles. The SMILES string of the molecule is O=C1CCOc2ccccc2N1Cc1ccc(Br)cc1. The van der Waals surface area contributed by atoms with Crippen LogP contribution >= 0.6 is 15.9 Å². The molecular formula is C16H14BrNO2.